The molecule has 80 valence electrons. The molecule has 0 saturated carbocycles. The van der Waals surface area contributed by atoms with Crippen LogP contribution in [0.25, 0.3) is 0 Å². The van der Waals surface area contributed by atoms with Crippen LogP contribution >= 0.6 is 15.9 Å². The van der Waals surface area contributed by atoms with E-state index in [1.54, 1.807) is 0 Å². The number of hydrogen-bond acceptors (Lipinski definition) is 3. The Hall–Kier alpha value is -0.511. The van der Waals surface area contributed by atoms with Crippen LogP contribution in [0.15, 0.2) is 35.4 Å². The molecular weight excluding hydrogens is 321 g/mol. The van der Waals surface area contributed by atoms with Crippen LogP contribution < -0.4 is 5.43 Å². The molecular formula is C10H12BrN3Se. The fourth-order valence-corrected chi connectivity index (χ4v) is 4.05. The van der Waals surface area contributed by atoms with Crippen LogP contribution in [-0.4, -0.2) is 35.5 Å². The maximum atomic E-state index is 4.34. The molecule has 15 heavy (non-hydrogen) atoms. The van der Waals surface area contributed by atoms with Crippen molar-refractivity contribution in [2.45, 2.75) is 11.4 Å². The van der Waals surface area contributed by atoms with Crippen molar-refractivity contribution >= 4 is 41.7 Å². The standard InChI is InChI=1S/C10H12BrN3Se/c11-7-6-10-14(12-8-15-10)13-9-4-2-1-3-5-9/h1-5,8,10,13H,6-7H2. The predicted octanol–water partition coefficient (Wildman–Crippen LogP) is 2.09. The first-order valence-corrected chi connectivity index (χ1v) is 7.85. The number of benzene rings is 1. The molecule has 1 aromatic rings. The minimum atomic E-state index is 0.482. The number of para-hydroxylation sites is 1. The zero-order valence-electron chi connectivity index (χ0n) is 8.14. The van der Waals surface area contributed by atoms with Gasteiger partial charge < -0.3 is 0 Å². The third-order valence-electron chi connectivity index (χ3n) is 2.04. The van der Waals surface area contributed by atoms with E-state index in [2.05, 4.69) is 26.5 Å². The second-order valence-corrected chi connectivity index (χ2v) is 6.06. The van der Waals surface area contributed by atoms with Crippen molar-refractivity contribution in [2.24, 2.45) is 5.10 Å². The van der Waals surface area contributed by atoms with Crippen molar-refractivity contribution in [1.82, 2.24) is 5.12 Å². The summed E-state index contributed by atoms with van der Waals surface area (Å²) < 4.78 is 0. The van der Waals surface area contributed by atoms with Crippen molar-refractivity contribution in [2.75, 3.05) is 10.8 Å². The summed E-state index contributed by atoms with van der Waals surface area (Å²) in [5, 5.41) is 9.35. The number of rotatable bonds is 4. The van der Waals surface area contributed by atoms with Gasteiger partial charge in [0.25, 0.3) is 0 Å². The Morgan fingerprint density at radius 1 is 1.40 bits per heavy atom. The average Bonchev–Trinajstić information content (AvgIpc) is 2.68. The molecule has 0 aliphatic carbocycles. The van der Waals surface area contributed by atoms with E-state index < -0.39 is 0 Å². The van der Waals surface area contributed by atoms with Crippen LogP contribution in [0.4, 0.5) is 5.69 Å². The Morgan fingerprint density at radius 2 is 2.20 bits per heavy atom. The third-order valence-corrected chi connectivity index (χ3v) is 4.52. The number of nitrogens with one attached hydrogen (secondary N) is 1. The van der Waals surface area contributed by atoms with Gasteiger partial charge in [0.15, 0.2) is 0 Å². The summed E-state index contributed by atoms with van der Waals surface area (Å²) in [5.41, 5.74) is 4.40. The van der Waals surface area contributed by atoms with E-state index in [9.17, 15) is 0 Å². The molecule has 0 saturated heterocycles. The van der Waals surface area contributed by atoms with E-state index in [-0.39, 0.29) is 0 Å². The van der Waals surface area contributed by atoms with Gasteiger partial charge in [-0.15, -0.1) is 0 Å². The van der Waals surface area contributed by atoms with Crippen LogP contribution in [0.1, 0.15) is 6.42 Å². The van der Waals surface area contributed by atoms with Gasteiger partial charge in [-0.3, -0.25) is 0 Å². The van der Waals surface area contributed by atoms with Gasteiger partial charge in [-0.25, -0.2) is 0 Å². The Labute approximate surface area is 104 Å². The van der Waals surface area contributed by atoms with Gasteiger partial charge in [-0.1, -0.05) is 0 Å². The van der Waals surface area contributed by atoms with Gasteiger partial charge in [0.2, 0.25) is 0 Å². The van der Waals surface area contributed by atoms with Gasteiger partial charge in [0, 0.05) is 0 Å². The molecule has 1 aliphatic rings. The quantitative estimate of drug-likeness (QED) is 0.675. The molecule has 1 unspecified atom stereocenters. The second-order valence-electron chi connectivity index (χ2n) is 3.11. The van der Waals surface area contributed by atoms with E-state index in [0.29, 0.717) is 19.9 Å². The molecule has 1 aliphatic heterocycles. The summed E-state index contributed by atoms with van der Waals surface area (Å²) in [4.78, 5) is 0.525. The number of hydrazone groups is 1. The first kappa shape index (κ1) is 11.0. The fourth-order valence-electron chi connectivity index (χ4n) is 1.31. The summed E-state index contributed by atoms with van der Waals surface area (Å²) in [6.07, 6.45) is 1.12. The molecule has 2 rings (SSSR count). The van der Waals surface area contributed by atoms with Gasteiger partial charge in [-0.2, -0.15) is 0 Å². The van der Waals surface area contributed by atoms with Crippen LogP contribution in [0.2, 0.25) is 0 Å². The van der Waals surface area contributed by atoms with Gasteiger partial charge in [0.05, 0.1) is 0 Å². The summed E-state index contributed by atoms with van der Waals surface area (Å²) in [6.45, 7) is 0. The van der Waals surface area contributed by atoms with Crippen molar-refractivity contribution in [1.29, 1.82) is 0 Å². The molecule has 0 aromatic heterocycles. The molecule has 1 atom stereocenters. The molecule has 0 bridgehead atoms. The van der Waals surface area contributed by atoms with Gasteiger partial charge in [-0.05, 0) is 0 Å². The van der Waals surface area contributed by atoms with Crippen molar-refractivity contribution in [3.8, 4) is 0 Å². The van der Waals surface area contributed by atoms with Crippen molar-refractivity contribution in [3.05, 3.63) is 30.3 Å². The van der Waals surface area contributed by atoms with E-state index in [4.69, 9.17) is 0 Å². The molecule has 0 spiro atoms. The zero-order valence-corrected chi connectivity index (χ0v) is 11.4. The minimum absolute atomic E-state index is 0.482. The normalized spacial score (nSPS) is 19.5. The van der Waals surface area contributed by atoms with E-state index in [0.717, 1.165) is 17.4 Å². The Morgan fingerprint density at radius 3 is 2.93 bits per heavy atom. The monoisotopic (exact) mass is 333 g/mol. The third kappa shape index (κ3) is 2.97. The fraction of sp³-hybridized carbons (Fsp3) is 0.300. The SMILES string of the molecule is BrCCC1[Se]C=NN1Nc1ccccc1. The van der Waals surface area contributed by atoms with E-state index in [1.807, 2.05) is 40.6 Å². The summed E-state index contributed by atoms with van der Waals surface area (Å²) in [5.74, 6) is 0. The molecule has 1 aromatic carbocycles. The average molecular weight is 333 g/mol. The Kier molecular flexibility index (Phi) is 4.06. The topological polar surface area (TPSA) is 27.6 Å². The first-order valence-electron chi connectivity index (χ1n) is 4.75. The predicted molar refractivity (Wildman–Crippen MR) is 68.3 cm³/mol. The molecule has 1 N–H and O–H groups in total. The molecule has 5 heteroatoms. The Bertz CT molecular complexity index is 331. The van der Waals surface area contributed by atoms with Crippen molar-refractivity contribution in [3.63, 3.8) is 0 Å². The van der Waals surface area contributed by atoms with Gasteiger partial charge in [0.1, 0.15) is 0 Å². The van der Waals surface area contributed by atoms with Crippen LogP contribution in [-0.2, 0) is 0 Å². The Balaban J connectivity index is 1.96. The van der Waals surface area contributed by atoms with E-state index >= 15 is 0 Å². The van der Waals surface area contributed by atoms with Crippen LogP contribution in [0.3, 0.4) is 0 Å². The summed E-state index contributed by atoms with van der Waals surface area (Å²) in [7, 11) is 0. The number of anilines is 1. The number of hydrogen-bond donors (Lipinski definition) is 1. The second kappa shape index (κ2) is 5.54. The van der Waals surface area contributed by atoms with Gasteiger partial charge >= 0.3 is 104 Å². The number of halogens is 1. The molecule has 0 amide bonds. The molecule has 0 fully saturated rings. The van der Waals surface area contributed by atoms with Crippen LogP contribution in [0, 0.1) is 0 Å². The summed E-state index contributed by atoms with van der Waals surface area (Å²) >= 11 is 3.95. The first-order chi connectivity index (χ1) is 7.40. The number of hydrazine groups is 1. The molecule has 0 radical (unpaired) electrons. The van der Waals surface area contributed by atoms with Crippen LogP contribution in [0.5, 0.6) is 0 Å². The van der Waals surface area contributed by atoms with E-state index in [1.165, 1.54) is 0 Å². The maximum absolute atomic E-state index is 4.34. The zero-order chi connectivity index (χ0) is 10.5. The number of alkyl halides is 1. The molecule has 3 nitrogen and oxygen atoms in total. The van der Waals surface area contributed by atoms with Crippen molar-refractivity contribution < 1.29 is 0 Å². The molecule has 1 heterocycles. The summed E-state index contributed by atoms with van der Waals surface area (Å²) in [6, 6.07) is 10.1. The number of nitrogens with zero attached hydrogens (tertiary/aromatic N) is 2.